The summed E-state index contributed by atoms with van der Waals surface area (Å²) in [6.45, 7) is 2.61. The van der Waals surface area contributed by atoms with Gasteiger partial charge in [-0.05, 0) is 52.5 Å². The van der Waals surface area contributed by atoms with Crippen molar-refractivity contribution in [2.24, 2.45) is 0 Å². The van der Waals surface area contributed by atoms with Crippen molar-refractivity contribution in [3.05, 3.63) is 50.1 Å². The zero-order valence-electron chi connectivity index (χ0n) is 11.4. The summed E-state index contributed by atoms with van der Waals surface area (Å²) < 4.78 is 6.09. The number of rotatable bonds is 5. The van der Waals surface area contributed by atoms with Crippen LogP contribution in [-0.2, 0) is 11.2 Å². The molecule has 3 nitrogen and oxygen atoms in total. The first-order valence-electron chi connectivity index (χ1n) is 6.26. The lowest BCUT2D eigenvalue weighted by Gasteiger charge is -2.10. The third kappa shape index (κ3) is 3.69. The number of nitrogens with one attached hydrogen (secondary N) is 1. The molecular weight excluding hydrogens is 338 g/mol. The number of hydrogen-bond donors (Lipinski definition) is 1. The van der Waals surface area contributed by atoms with Crippen molar-refractivity contribution in [2.75, 3.05) is 19.0 Å². The quantitative estimate of drug-likeness (QED) is 0.871. The number of methoxy groups -OCH3 is 1. The van der Waals surface area contributed by atoms with Crippen molar-refractivity contribution in [1.29, 1.82) is 0 Å². The fourth-order valence-electron chi connectivity index (χ4n) is 1.83. The number of aryl methyl sites for hydroxylation is 1. The molecule has 0 aliphatic carbocycles. The summed E-state index contributed by atoms with van der Waals surface area (Å²) in [6, 6.07) is 9.69. The Hall–Kier alpha value is -1.17. The molecule has 0 atom stereocenters. The molecule has 106 valence electrons. The lowest BCUT2D eigenvalue weighted by Crippen LogP contribution is -2.12. The van der Waals surface area contributed by atoms with E-state index in [1.54, 1.807) is 7.11 Å². The summed E-state index contributed by atoms with van der Waals surface area (Å²) in [5.41, 5.74) is 3.00. The minimum atomic E-state index is -0.0753. The van der Waals surface area contributed by atoms with Crippen molar-refractivity contribution < 1.29 is 9.53 Å². The van der Waals surface area contributed by atoms with Crippen LogP contribution >= 0.6 is 27.3 Å². The third-order valence-electron chi connectivity index (χ3n) is 2.92. The Morgan fingerprint density at radius 1 is 1.40 bits per heavy atom. The Kier molecular flexibility index (Phi) is 5.34. The van der Waals surface area contributed by atoms with Gasteiger partial charge in [0.15, 0.2) is 0 Å². The average molecular weight is 354 g/mol. The number of hydrogen-bond acceptors (Lipinski definition) is 3. The van der Waals surface area contributed by atoms with Crippen LogP contribution in [0.3, 0.4) is 0 Å². The maximum atomic E-state index is 12.3. The molecule has 1 aromatic heterocycles. The molecule has 1 heterocycles. The van der Waals surface area contributed by atoms with Crippen LogP contribution in [0.5, 0.6) is 0 Å². The Labute approximate surface area is 131 Å². The molecule has 5 heteroatoms. The number of halogens is 1. The van der Waals surface area contributed by atoms with Gasteiger partial charge in [-0.1, -0.05) is 18.2 Å². The molecule has 0 aliphatic heterocycles. The van der Waals surface area contributed by atoms with Crippen molar-refractivity contribution >= 4 is 38.9 Å². The lowest BCUT2D eigenvalue weighted by molar-refractivity contribution is 0.103. The molecule has 2 rings (SSSR count). The molecule has 2 aromatic rings. The number of anilines is 1. The number of thiophene rings is 1. The maximum absolute atomic E-state index is 12.3. The monoisotopic (exact) mass is 353 g/mol. The van der Waals surface area contributed by atoms with Crippen LogP contribution in [0.15, 0.2) is 34.1 Å². The maximum Gasteiger partial charge on any atom is 0.265 e. The highest BCUT2D eigenvalue weighted by atomic mass is 79.9. The van der Waals surface area contributed by atoms with Gasteiger partial charge >= 0.3 is 0 Å². The Morgan fingerprint density at radius 3 is 2.80 bits per heavy atom. The fraction of sp³-hybridized carbons (Fsp3) is 0.267. The molecule has 1 aromatic carbocycles. The minimum Gasteiger partial charge on any atom is -0.384 e. The van der Waals surface area contributed by atoms with Gasteiger partial charge in [0.1, 0.15) is 0 Å². The molecule has 0 bridgehead atoms. The predicted octanol–water partition coefficient (Wildman–Crippen LogP) is 4.26. The summed E-state index contributed by atoms with van der Waals surface area (Å²) in [5, 5.41) is 2.97. The first-order valence-corrected chi connectivity index (χ1v) is 7.87. The van der Waals surface area contributed by atoms with Crippen molar-refractivity contribution in [3.8, 4) is 0 Å². The Bertz CT molecular complexity index is 590. The van der Waals surface area contributed by atoms with Gasteiger partial charge in [-0.15, -0.1) is 11.3 Å². The second-order valence-electron chi connectivity index (χ2n) is 4.42. The molecule has 0 spiro atoms. The summed E-state index contributed by atoms with van der Waals surface area (Å²) >= 11 is 4.89. The number of para-hydroxylation sites is 1. The molecule has 0 fully saturated rings. The number of carbonyl (C=O) groups is 1. The zero-order chi connectivity index (χ0) is 14.5. The van der Waals surface area contributed by atoms with E-state index in [0.717, 1.165) is 27.0 Å². The van der Waals surface area contributed by atoms with E-state index in [1.165, 1.54) is 11.3 Å². The first-order chi connectivity index (χ1) is 9.61. The number of carbonyl (C=O) groups excluding carboxylic acids is 1. The van der Waals surface area contributed by atoms with Gasteiger partial charge in [-0.25, -0.2) is 0 Å². The van der Waals surface area contributed by atoms with Gasteiger partial charge in [-0.3, -0.25) is 4.79 Å². The second kappa shape index (κ2) is 7.02. The van der Waals surface area contributed by atoms with Crippen molar-refractivity contribution in [3.63, 3.8) is 0 Å². The standard InChI is InChI=1S/C15H16BrNO2S/c1-10-9-13(20-14(10)16)15(18)17-12-6-4-3-5-11(12)7-8-19-2/h3-6,9H,7-8H2,1-2H3,(H,17,18). The highest BCUT2D eigenvalue weighted by Crippen LogP contribution is 2.28. The van der Waals surface area contributed by atoms with Crippen LogP contribution in [0.25, 0.3) is 0 Å². The topological polar surface area (TPSA) is 38.3 Å². The van der Waals surface area contributed by atoms with Crippen LogP contribution < -0.4 is 5.32 Å². The second-order valence-corrected chi connectivity index (χ2v) is 6.79. The summed E-state index contributed by atoms with van der Waals surface area (Å²) in [5.74, 6) is -0.0753. The van der Waals surface area contributed by atoms with Gasteiger partial charge in [0.25, 0.3) is 5.91 Å². The summed E-state index contributed by atoms with van der Waals surface area (Å²) in [7, 11) is 1.67. The summed E-state index contributed by atoms with van der Waals surface area (Å²) in [4.78, 5) is 13.0. The molecule has 0 radical (unpaired) electrons. The van der Waals surface area contributed by atoms with E-state index in [4.69, 9.17) is 4.74 Å². The normalized spacial score (nSPS) is 10.6. The molecule has 0 saturated heterocycles. The van der Waals surface area contributed by atoms with Gasteiger partial charge in [0.2, 0.25) is 0 Å². The third-order valence-corrected chi connectivity index (χ3v) is 5.06. The Morgan fingerprint density at radius 2 is 2.15 bits per heavy atom. The van der Waals surface area contributed by atoms with Crippen LogP contribution in [0.1, 0.15) is 20.8 Å². The van der Waals surface area contributed by atoms with E-state index < -0.39 is 0 Å². The fourth-order valence-corrected chi connectivity index (χ4v) is 3.26. The molecule has 0 unspecified atom stereocenters. The van der Waals surface area contributed by atoms with Gasteiger partial charge < -0.3 is 10.1 Å². The van der Waals surface area contributed by atoms with E-state index in [2.05, 4.69) is 21.2 Å². The van der Waals surface area contributed by atoms with Crippen molar-refractivity contribution in [1.82, 2.24) is 0 Å². The SMILES string of the molecule is COCCc1ccccc1NC(=O)c1cc(C)c(Br)s1. The smallest absolute Gasteiger partial charge is 0.265 e. The van der Waals surface area contributed by atoms with Crippen molar-refractivity contribution in [2.45, 2.75) is 13.3 Å². The molecule has 1 N–H and O–H groups in total. The van der Waals surface area contributed by atoms with E-state index in [1.807, 2.05) is 37.3 Å². The average Bonchev–Trinajstić information content (AvgIpc) is 2.78. The molecule has 1 amide bonds. The largest absolute Gasteiger partial charge is 0.384 e. The van der Waals surface area contributed by atoms with E-state index in [0.29, 0.717) is 11.5 Å². The highest BCUT2D eigenvalue weighted by molar-refractivity contribution is 9.11. The molecular formula is C15H16BrNO2S. The predicted molar refractivity (Wildman–Crippen MR) is 86.7 cm³/mol. The van der Waals surface area contributed by atoms with E-state index in [9.17, 15) is 4.79 Å². The molecule has 20 heavy (non-hydrogen) atoms. The number of ether oxygens (including phenoxy) is 1. The van der Waals surface area contributed by atoms with E-state index >= 15 is 0 Å². The zero-order valence-corrected chi connectivity index (χ0v) is 13.8. The van der Waals surface area contributed by atoms with Crippen LogP contribution in [-0.4, -0.2) is 19.6 Å². The lowest BCUT2D eigenvalue weighted by atomic mass is 10.1. The number of amides is 1. The molecule has 0 saturated carbocycles. The minimum absolute atomic E-state index is 0.0753. The van der Waals surface area contributed by atoms with Gasteiger partial charge in [0.05, 0.1) is 15.3 Å². The van der Waals surface area contributed by atoms with Gasteiger partial charge in [-0.2, -0.15) is 0 Å². The van der Waals surface area contributed by atoms with Crippen LogP contribution in [0, 0.1) is 6.92 Å². The molecule has 0 aliphatic rings. The van der Waals surface area contributed by atoms with Crippen LogP contribution in [0.2, 0.25) is 0 Å². The van der Waals surface area contributed by atoms with E-state index in [-0.39, 0.29) is 5.91 Å². The first kappa shape index (κ1) is 15.2. The number of benzene rings is 1. The highest BCUT2D eigenvalue weighted by Gasteiger charge is 2.12. The van der Waals surface area contributed by atoms with Crippen LogP contribution in [0.4, 0.5) is 5.69 Å². The van der Waals surface area contributed by atoms with Gasteiger partial charge in [0, 0.05) is 12.8 Å². The summed E-state index contributed by atoms with van der Waals surface area (Å²) in [6.07, 6.45) is 0.778. The Balaban J connectivity index is 2.15.